The van der Waals surface area contributed by atoms with E-state index < -0.39 is 0 Å². The number of nitrogens with zero attached hydrogens (tertiary/aromatic N) is 2. The Morgan fingerprint density at radius 1 is 1.00 bits per heavy atom. The summed E-state index contributed by atoms with van der Waals surface area (Å²) in [4.78, 5) is 29.9. The third-order valence-corrected chi connectivity index (χ3v) is 5.68. The third-order valence-electron chi connectivity index (χ3n) is 5.35. The molecule has 0 atom stereocenters. The SMILES string of the molecule is CCCn1c(C(=O)NCCc2ccccn2)cc2cc(NC(=O)c3ccccc3Cl)ccc21. The van der Waals surface area contributed by atoms with Crippen LogP contribution in [-0.4, -0.2) is 27.9 Å². The Kier molecular flexibility index (Phi) is 7.05. The zero-order chi connectivity index (χ0) is 23.2. The van der Waals surface area contributed by atoms with Gasteiger partial charge < -0.3 is 15.2 Å². The number of pyridine rings is 1. The minimum Gasteiger partial charge on any atom is -0.350 e. The minimum absolute atomic E-state index is 0.128. The van der Waals surface area contributed by atoms with Crippen LogP contribution in [0.15, 0.2) is 72.9 Å². The van der Waals surface area contributed by atoms with Crippen molar-refractivity contribution in [2.45, 2.75) is 26.3 Å². The van der Waals surface area contributed by atoms with E-state index in [-0.39, 0.29) is 11.8 Å². The number of aryl methyl sites for hydroxylation is 1. The van der Waals surface area contributed by atoms with Crippen LogP contribution in [0.3, 0.4) is 0 Å². The predicted molar refractivity (Wildman–Crippen MR) is 132 cm³/mol. The zero-order valence-corrected chi connectivity index (χ0v) is 19.1. The molecule has 6 nitrogen and oxygen atoms in total. The molecule has 4 rings (SSSR count). The fourth-order valence-electron chi connectivity index (χ4n) is 3.79. The molecule has 0 saturated carbocycles. The first kappa shape index (κ1) is 22.6. The Morgan fingerprint density at radius 2 is 1.82 bits per heavy atom. The molecular formula is C26H25ClN4O2. The Morgan fingerprint density at radius 3 is 2.58 bits per heavy atom. The van der Waals surface area contributed by atoms with Crippen LogP contribution in [0.2, 0.25) is 5.02 Å². The lowest BCUT2D eigenvalue weighted by Crippen LogP contribution is -2.28. The van der Waals surface area contributed by atoms with E-state index in [0.717, 1.165) is 29.6 Å². The van der Waals surface area contributed by atoms with Crippen molar-refractivity contribution in [2.75, 3.05) is 11.9 Å². The first-order valence-corrected chi connectivity index (χ1v) is 11.3. The molecule has 7 heteroatoms. The van der Waals surface area contributed by atoms with Gasteiger partial charge in [-0.15, -0.1) is 0 Å². The van der Waals surface area contributed by atoms with Crippen molar-refractivity contribution in [3.05, 3.63) is 94.9 Å². The average molecular weight is 461 g/mol. The maximum absolute atomic E-state index is 12.9. The van der Waals surface area contributed by atoms with Crippen molar-refractivity contribution >= 4 is 40.0 Å². The number of hydrogen-bond donors (Lipinski definition) is 2. The van der Waals surface area contributed by atoms with Crippen LogP contribution >= 0.6 is 11.6 Å². The molecule has 0 fully saturated rings. The van der Waals surface area contributed by atoms with Crippen molar-refractivity contribution in [1.29, 1.82) is 0 Å². The molecule has 0 aliphatic heterocycles. The molecule has 4 aromatic rings. The molecule has 168 valence electrons. The fourth-order valence-corrected chi connectivity index (χ4v) is 4.01. The molecule has 2 aromatic heterocycles. The number of rotatable bonds is 8. The Hall–Kier alpha value is -3.64. The second-order valence-electron chi connectivity index (χ2n) is 7.72. The Balaban J connectivity index is 1.53. The first-order valence-electron chi connectivity index (χ1n) is 10.9. The summed E-state index contributed by atoms with van der Waals surface area (Å²) in [6.07, 6.45) is 3.31. The molecule has 2 aromatic carbocycles. The lowest BCUT2D eigenvalue weighted by atomic mass is 10.2. The van der Waals surface area contributed by atoms with Crippen molar-refractivity contribution in [2.24, 2.45) is 0 Å². The molecular weight excluding hydrogens is 436 g/mol. The van der Waals surface area contributed by atoms with E-state index in [2.05, 4.69) is 22.5 Å². The predicted octanol–water partition coefficient (Wildman–Crippen LogP) is 5.32. The highest BCUT2D eigenvalue weighted by Crippen LogP contribution is 2.25. The van der Waals surface area contributed by atoms with Crippen LogP contribution in [-0.2, 0) is 13.0 Å². The van der Waals surface area contributed by atoms with E-state index in [1.54, 1.807) is 30.5 Å². The van der Waals surface area contributed by atoms with Crippen LogP contribution in [0.25, 0.3) is 10.9 Å². The van der Waals surface area contributed by atoms with Crippen LogP contribution in [0.1, 0.15) is 39.9 Å². The van der Waals surface area contributed by atoms with Crippen molar-refractivity contribution in [3.8, 4) is 0 Å². The normalized spacial score (nSPS) is 10.8. The van der Waals surface area contributed by atoms with Crippen molar-refractivity contribution < 1.29 is 9.59 Å². The molecule has 0 aliphatic rings. The average Bonchev–Trinajstić information content (AvgIpc) is 3.18. The minimum atomic E-state index is -0.277. The molecule has 0 radical (unpaired) electrons. The lowest BCUT2D eigenvalue weighted by Gasteiger charge is -2.11. The van der Waals surface area contributed by atoms with Crippen molar-refractivity contribution in [3.63, 3.8) is 0 Å². The molecule has 0 unspecified atom stereocenters. The van der Waals surface area contributed by atoms with Crippen LogP contribution in [0, 0.1) is 0 Å². The van der Waals surface area contributed by atoms with Crippen LogP contribution in [0.4, 0.5) is 5.69 Å². The number of carbonyl (C=O) groups excluding carboxylic acids is 2. The number of aromatic nitrogens is 2. The van der Waals surface area contributed by atoms with Gasteiger partial charge in [0.1, 0.15) is 5.69 Å². The van der Waals surface area contributed by atoms with E-state index in [1.807, 2.05) is 47.0 Å². The second kappa shape index (κ2) is 10.3. The van der Waals surface area contributed by atoms with Gasteiger partial charge in [-0.2, -0.15) is 0 Å². The summed E-state index contributed by atoms with van der Waals surface area (Å²) in [6, 6.07) is 20.2. The van der Waals surface area contributed by atoms with E-state index >= 15 is 0 Å². The highest BCUT2D eigenvalue weighted by atomic mass is 35.5. The van der Waals surface area contributed by atoms with Gasteiger partial charge in [0.05, 0.1) is 10.6 Å². The molecule has 0 spiro atoms. The Labute approximate surface area is 197 Å². The number of amides is 2. The quantitative estimate of drug-likeness (QED) is 0.373. The second-order valence-corrected chi connectivity index (χ2v) is 8.12. The summed E-state index contributed by atoms with van der Waals surface area (Å²) in [5.74, 6) is -0.405. The van der Waals surface area contributed by atoms with Gasteiger partial charge in [-0.05, 0) is 55.0 Å². The number of nitrogens with one attached hydrogen (secondary N) is 2. The van der Waals surface area contributed by atoms with Gasteiger partial charge >= 0.3 is 0 Å². The topological polar surface area (TPSA) is 76.0 Å². The van der Waals surface area contributed by atoms with E-state index in [0.29, 0.717) is 34.9 Å². The van der Waals surface area contributed by atoms with Gasteiger partial charge in [-0.3, -0.25) is 14.6 Å². The fraction of sp³-hybridized carbons (Fsp3) is 0.192. The molecule has 33 heavy (non-hydrogen) atoms. The smallest absolute Gasteiger partial charge is 0.267 e. The van der Waals surface area contributed by atoms with Gasteiger partial charge in [0.15, 0.2) is 0 Å². The Bertz CT molecular complexity index is 1280. The van der Waals surface area contributed by atoms with Gasteiger partial charge in [-0.1, -0.05) is 36.7 Å². The monoisotopic (exact) mass is 460 g/mol. The first-order chi connectivity index (χ1) is 16.1. The van der Waals surface area contributed by atoms with Crippen LogP contribution < -0.4 is 10.6 Å². The lowest BCUT2D eigenvalue weighted by molar-refractivity contribution is 0.0944. The van der Waals surface area contributed by atoms with E-state index in [9.17, 15) is 9.59 Å². The maximum atomic E-state index is 12.9. The van der Waals surface area contributed by atoms with E-state index in [4.69, 9.17) is 11.6 Å². The standard InChI is InChI=1S/C26H25ClN4O2/c1-2-15-31-23-11-10-20(30-25(32)21-8-3-4-9-22(21)27)16-18(23)17-24(31)26(33)29-14-12-19-7-5-6-13-28-19/h3-11,13,16-17H,2,12,14-15H2,1H3,(H,29,33)(H,30,32). The summed E-state index contributed by atoms with van der Waals surface area (Å²) in [7, 11) is 0. The van der Waals surface area contributed by atoms with Crippen molar-refractivity contribution in [1.82, 2.24) is 14.9 Å². The number of hydrogen-bond acceptors (Lipinski definition) is 3. The molecule has 0 bridgehead atoms. The van der Waals surface area contributed by atoms with Gasteiger partial charge in [-0.25, -0.2) is 0 Å². The zero-order valence-electron chi connectivity index (χ0n) is 18.3. The number of carbonyl (C=O) groups is 2. The van der Waals surface area contributed by atoms with E-state index in [1.165, 1.54) is 0 Å². The number of halogens is 1. The molecule has 2 amide bonds. The highest BCUT2D eigenvalue weighted by molar-refractivity contribution is 6.34. The number of anilines is 1. The van der Waals surface area contributed by atoms with Gasteiger partial charge in [0, 0.05) is 48.0 Å². The van der Waals surface area contributed by atoms with Gasteiger partial charge in [0.25, 0.3) is 11.8 Å². The molecule has 2 heterocycles. The highest BCUT2D eigenvalue weighted by Gasteiger charge is 2.16. The molecule has 0 saturated heterocycles. The summed E-state index contributed by atoms with van der Waals surface area (Å²) in [5.41, 5.74) is 3.54. The number of benzene rings is 2. The summed E-state index contributed by atoms with van der Waals surface area (Å²) in [6.45, 7) is 3.30. The third kappa shape index (κ3) is 5.23. The molecule has 2 N–H and O–H groups in total. The largest absolute Gasteiger partial charge is 0.350 e. The maximum Gasteiger partial charge on any atom is 0.267 e. The van der Waals surface area contributed by atoms with Gasteiger partial charge in [0.2, 0.25) is 0 Å². The summed E-state index contributed by atoms with van der Waals surface area (Å²) in [5, 5.41) is 7.17. The molecule has 0 aliphatic carbocycles. The summed E-state index contributed by atoms with van der Waals surface area (Å²) < 4.78 is 2.02. The van der Waals surface area contributed by atoms with Crippen LogP contribution in [0.5, 0.6) is 0 Å². The summed E-state index contributed by atoms with van der Waals surface area (Å²) >= 11 is 6.14. The number of fused-ring (bicyclic) bond motifs is 1.